The average Bonchev–Trinajstić information content (AvgIpc) is 3.28. The fourth-order valence-corrected chi connectivity index (χ4v) is 5.42. The maximum Gasteiger partial charge on any atom is 0.227 e. The molecular weight excluding hydrogens is 364 g/mol. The van der Waals surface area contributed by atoms with Gasteiger partial charge in [-0.05, 0) is 56.4 Å². The molecule has 1 atom stereocenters. The summed E-state index contributed by atoms with van der Waals surface area (Å²) in [6.07, 6.45) is 14.9. The smallest absolute Gasteiger partial charge is 0.227 e. The summed E-state index contributed by atoms with van der Waals surface area (Å²) in [7, 11) is 0. The second kappa shape index (κ2) is 9.77. The monoisotopic (exact) mass is 400 g/mol. The molecule has 160 valence electrons. The van der Waals surface area contributed by atoms with Crippen molar-refractivity contribution in [3.8, 4) is 0 Å². The Morgan fingerprint density at radius 3 is 2.55 bits per heavy atom. The molecule has 1 aliphatic carbocycles. The van der Waals surface area contributed by atoms with Gasteiger partial charge in [0.1, 0.15) is 0 Å². The Morgan fingerprint density at radius 2 is 1.83 bits per heavy atom. The van der Waals surface area contributed by atoms with Crippen molar-refractivity contribution in [3.05, 3.63) is 18.5 Å². The van der Waals surface area contributed by atoms with Gasteiger partial charge < -0.3 is 9.80 Å². The first-order valence-electron chi connectivity index (χ1n) is 11.7. The SMILES string of the molecule is O=C1CC[C@H](C(=O)N2CCC(CCn3cccn3)CC2)CN1CC1CCCCC1. The zero-order valence-electron chi connectivity index (χ0n) is 17.7. The van der Waals surface area contributed by atoms with E-state index in [1.807, 2.05) is 28.0 Å². The number of hydrogen-bond donors (Lipinski definition) is 0. The third kappa shape index (κ3) is 5.40. The maximum atomic E-state index is 13.1. The number of rotatable bonds is 6. The maximum absolute atomic E-state index is 13.1. The first-order chi connectivity index (χ1) is 14.2. The molecule has 3 heterocycles. The fourth-order valence-electron chi connectivity index (χ4n) is 5.42. The number of aromatic nitrogens is 2. The highest BCUT2D eigenvalue weighted by atomic mass is 16.2. The largest absolute Gasteiger partial charge is 0.342 e. The Hall–Kier alpha value is -1.85. The van der Waals surface area contributed by atoms with E-state index in [9.17, 15) is 9.59 Å². The van der Waals surface area contributed by atoms with Crippen LogP contribution in [0.25, 0.3) is 0 Å². The van der Waals surface area contributed by atoms with E-state index in [4.69, 9.17) is 0 Å². The van der Waals surface area contributed by atoms with Crippen LogP contribution in [-0.4, -0.2) is 57.6 Å². The molecule has 3 aliphatic rings. The number of nitrogens with zero attached hydrogens (tertiary/aromatic N) is 4. The van der Waals surface area contributed by atoms with Crippen molar-refractivity contribution in [1.82, 2.24) is 19.6 Å². The number of hydrogen-bond acceptors (Lipinski definition) is 3. The van der Waals surface area contributed by atoms with Gasteiger partial charge in [-0.15, -0.1) is 0 Å². The minimum Gasteiger partial charge on any atom is -0.342 e. The van der Waals surface area contributed by atoms with Gasteiger partial charge in [-0.25, -0.2) is 0 Å². The van der Waals surface area contributed by atoms with Gasteiger partial charge in [0.05, 0.1) is 5.92 Å². The van der Waals surface area contributed by atoms with E-state index < -0.39 is 0 Å². The molecule has 6 heteroatoms. The molecule has 2 aliphatic heterocycles. The quantitative estimate of drug-likeness (QED) is 0.736. The molecule has 0 spiro atoms. The van der Waals surface area contributed by atoms with Gasteiger partial charge in [0, 0.05) is 51.5 Å². The first-order valence-corrected chi connectivity index (χ1v) is 11.7. The highest BCUT2D eigenvalue weighted by molar-refractivity contribution is 5.84. The predicted octanol–water partition coefficient (Wildman–Crippen LogP) is 3.33. The summed E-state index contributed by atoms with van der Waals surface area (Å²) in [5, 5.41) is 4.28. The Kier molecular flexibility index (Phi) is 6.88. The number of likely N-dealkylation sites (tertiary alicyclic amines) is 2. The lowest BCUT2D eigenvalue weighted by atomic mass is 9.87. The van der Waals surface area contributed by atoms with Crippen LogP contribution in [0.3, 0.4) is 0 Å². The zero-order chi connectivity index (χ0) is 20.1. The molecule has 0 unspecified atom stereocenters. The van der Waals surface area contributed by atoms with Crippen LogP contribution in [0, 0.1) is 17.8 Å². The molecule has 1 aromatic rings. The molecule has 6 nitrogen and oxygen atoms in total. The summed E-state index contributed by atoms with van der Waals surface area (Å²) in [6.45, 7) is 4.23. The van der Waals surface area contributed by atoms with Gasteiger partial charge in [0.25, 0.3) is 0 Å². The lowest BCUT2D eigenvalue weighted by Crippen LogP contribution is -2.50. The van der Waals surface area contributed by atoms with Gasteiger partial charge in [0.15, 0.2) is 0 Å². The summed E-state index contributed by atoms with van der Waals surface area (Å²) in [5.74, 6) is 1.89. The van der Waals surface area contributed by atoms with E-state index in [0.717, 1.165) is 51.9 Å². The van der Waals surface area contributed by atoms with Gasteiger partial charge in [-0.3, -0.25) is 14.3 Å². The second-order valence-electron chi connectivity index (χ2n) is 9.36. The van der Waals surface area contributed by atoms with E-state index >= 15 is 0 Å². The third-order valence-electron chi connectivity index (χ3n) is 7.30. The van der Waals surface area contributed by atoms with Crippen molar-refractivity contribution in [2.24, 2.45) is 17.8 Å². The topological polar surface area (TPSA) is 58.4 Å². The molecule has 0 bridgehead atoms. The highest BCUT2D eigenvalue weighted by Gasteiger charge is 2.35. The van der Waals surface area contributed by atoms with Gasteiger partial charge >= 0.3 is 0 Å². The van der Waals surface area contributed by atoms with Crippen LogP contribution in [0.2, 0.25) is 0 Å². The van der Waals surface area contributed by atoms with Crippen LogP contribution in [0.15, 0.2) is 18.5 Å². The van der Waals surface area contributed by atoms with E-state index in [1.54, 1.807) is 0 Å². The van der Waals surface area contributed by atoms with Crippen LogP contribution in [0.5, 0.6) is 0 Å². The molecule has 2 saturated heterocycles. The molecule has 4 rings (SSSR count). The molecule has 1 saturated carbocycles. The van der Waals surface area contributed by atoms with E-state index in [0.29, 0.717) is 24.8 Å². The van der Waals surface area contributed by atoms with Crippen LogP contribution in [0.1, 0.15) is 64.2 Å². The van der Waals surface area contributed by atoms with Crippen molar-refractivity contribution in [1.29, 1.82) is 0 Å². The van der Waals surface area contributed by atoms with Gasteiger partial charge in [0.2, 0.25) is 11.8 Å². The van der Waals surface area contributed by atoms with Gasteiger partial charge in [-0.1, -0.05) is 19.3 Å². The normalized spacial score (nSPS) is 24.8. The van der Waals surface area contributed by atoms with Crippen molar-refractivity contribution in [3.63, 3.8) is 0 Å². The molecule has 0 aromatic carbocycles. The number of aryl methyl sites for hydroxylation is 1. The molecule has 0 N–H and O–H groups in total. The lowest BCUT2D eigenvalue weighted by molar-refractivity contribution is -0.144. The Labute approximate surface area is 174 Å². The predicted molar refractivity (Wildman–Crippen MR) is 112 cm³/mol. The van der Waals surface area contributed by atoms with Crippen molar-refractivity contribution < 1.29 is 9.59 Å². The molecule has 3 fully saturated rings. The van der Waals surface area contributed by atoms with Crippen LogP contribution in [0.4, 0.5) is 0 Å². The van der Waals surface area contributed by atoms with Crippen LogP contribution >= 0.6 is 0 Å². The average molecular weight is 401 g/mol. The number of carbonyl (C=O) groups is 2. The Bertz CT molecular complexity index is 660. The molecule has 29 heavy (non-hydrogen) atoms. The summed E-state index contributed by atoms with van der Waals surface area (Å²) in [5.41, 5.74) is 0. The fraction of sp³-hybridized carbons (Fsp3) is 0.783. The molecule has 2 amide bonds. The third-order valence-corrected chi connectivity index (χ3v) is 7.30. The minimum atomic E-state index is 0.0110. The summed E-state index contributed by atoms with van der Waals surface area (Å²) >= 11 is 0. The number of piperidine rings is 2. The molecular formula is C23H36N4O2. The molecule has 0 radical (unpaired) electrons. The Morgan fingerprint density at radius 1 is 1.03 bits per heavy atom. The van der Waals surface area contributed by atoms with Crippen molar-refractivity contribution >= 4 is 11.8 Å². The zero-order valence-corrected chi connectivity index (χ0v) is 17.7. The number of carbonyl (C=O) groups excluding carboxylic acids is 2. The molecule has 1 aromatic heterocycles. The standard InChI is InChI=1S/C23H36N4O2/c28-22-8-7-21(18-26(22)17-20-5-2-1-3-6-20)23(29)25-14-9-19(10-15-25)11-16-27-13-4-12-24-27/h4,12-13,19-21H,1-3,5-11,14-18H2/t21-/m0/s1. The summed E-state index contributed by atoms with van der Waals surface area (Å²) in [4.78, 5) is 29.6. The van der Waals surface area contributed by atoms with E-state index in [-0.39, 0.29) is 17.7 Å². The van der Waals surface area contributed by atoms with Crippen LogP contribution < -0.4 is 0 Å². The first kappa shape index (κ1) is 20.4. The van der Waals surface area contributed by atoms with E-state index in [2.05, 4.69) is 10.00 Å². The van der Waals surface area contributed by atoms with Crippen molar-refractivity contribution in [2.45, 2.75) is 70.8 Å². The van der Waals surface area contributed by atoms with Crippen LogP contribution in [-0.2, 0) is 16.1 Å². The van der Waals surface area contributed by atoms with Gasteiger partial charge in [-0.2, -0.15) is 5.10 Å². The highest BCUT2D eigenvalue weighted by Crippen LogP contribution is 2.29. The summed E-state index contributed by atoms with van der Waals surface area (Å²) < 4.78 is 2.00. The number of amides is 2. The second-order valence-corrected chi connectivity index (χ2v) is 9.36. The Balaban J connectivity index is 1.23. The van der Waals surface area contributed by atoms with Crippen molar-refractivity contribution in [2.75, 3.05) is 26.2 Å². The lowest BCUT2D eigenvalue weighted by Gasteiger charge is -2.39. The summed E-state index contributed by atoms with van der Waals surface area (Å²) in [6, 6.07) is 1.97. The van der Waals surface area contributed by atoms with E-state index in [1.165, 1.54) is 32.1 Å². The minimum absolute atomic E-state index is 0.0110.